The van der Waals surface area contributed by atoms with Crippen LogP contribution in [-0.4, -0.2) is 25.7 Å². The van der Waals surface area contributed by atoms with Crippen molar-refractivity contribution < 1.29 is 19.1 Å². The van der Waals surface area contributed by atoms with Crippen LogP contribution in [0.5, 0.6) is 11.5 Å². The molecule has 1 atom stereocenters. The van der Waals surface area contributed by atoms with Crippen molar-refractivity contribution in [3.05, 3.63) is 64.3 Å². The first-order chi connectivity index (χ1) is 13.9. The molecule has 0 saturated heterocycles. The summed E-state index contributed by atoms with van der Waals surface area (Å²) in [5.41, 5.74) is 2.16. The van der Waals surface area contributed by atoms with Gasteiger partial charge in [-0.25, -0.2) is 4.79 Å². The van der Waals surface area contributed by atoms with Crippen molar-refractivity contribution in [2.45, 2.75) is 19.9 Å². The van der Waals surface area contributed by atoms with Crippen LogP contribution in [0.4, 0.5) is 10.5 Å². The number of urea groups is 1. The van der Waals surface area contributed by atoms with Crippen LogP contribution in [0.3, 0.4) is 0 Å². The van der Waals surface area contributed by atoms with Crippen LogP contribution < -0.4 is 25.4 Å². The van der Waals surface area contributed by atoms with E-state index in [-0.39, 0.29) is 11.9 Å². The van der Waals surface area contributed by atoms with Gasteiger partial charge in [0.15, 0.2) is 11.5 Å². The third kappa shape index (κ3) is 4.63. The molecule has 29 heavy (non-hydrogen) atoms. The molecule has 0 spiro atoms. The molecule has 0 aliphatic carbocycles. The maximum absolute atomic E-state index is 13.0. The highest BCUT2D eigenvalue weighted by Gasteiger charge is 2.31. The third-order valence-corrected chi connectivity index (χ3v) is 4.69. The Morgan fingerprint density at radius 3 is 2.55 bits per heavy atom. The predicted molar refractivity (Wildman–Crippen MR) is 111 cm³/mol. The minimum Gasteiger partial charge on any atom is -0.493 e. The highest BCUT2D eigenvalue weighted by molar-refractivity contribution is 6.30. The van der Waals surface area contributed by atoms with Gasteiger partial charge in [0.05, 0.1) is 25.3 Å². The van der Waals surface area contributed by atoms with E-state index in [2.05, 4.69) is 16.0 Å². The normalized spacial score (nSPS) is 16.0. The van der Waals surface area contributed by atoms with Gasteiger partial charge in [0.25, 0.3) is 5.91 Å². The molecule has 3 N–H and O–H groups in total. The predicted octanol–water partition coefficient (Wildman–Crippen LogP) is 4.01. The molecule has 3 rings (SSSR count). The van der Waals surface area contributed by atoms with Gasteiger partial charge in [0.2, 0.25) is 0 Å². The van der Waals surface area contributed by atoms with Gasteiger partial charge in [-0.2, -0.15) is 0 Å². The molecule has 1 heterocycles. The van der Waals surface area contributed by atoms with Crippen molar-refractivity contribution in [3.8, 4) is 11.5 Å². The van der Waals surface area contributed by atoms with Gasteiger partial charge in [-0.05, 0) is 55.8 Å². The van der Waals surface area contributed by atoms with Gasteiger partial charge in [-0.1, -0.05) is 17.7 Å². The van der Waals surface area contributed by atoms with Crippen LogP contribution in [0.25, 0.3) is 0 Å². The van der Waals surface area contributed by atoms with E-state index in [0.29, 0.717) is 45.6 Å². The van der Waals surface area contributed by atoms with Crippen LogP contribution in [0.2, 0.25) is 5.02 Å². The van der Waals surface area contributed by atoms with E-state index >= 15 is 0 Å². The van der Waals surface area contributed by atoms with Crippen molar-refractivity contribution >= 4 is 29.2 Å². The lowest BCUT2D eigenvalue weighted by Gasteiger charge is -2.29. The van der Waals surface area contributed by atoms with E-state index in [9.17, 15) is 9.59 Å². The van der Waals surface area contributed by atoms with E-state index in [1.54, 1.807) is 49.4 Å². The SMILES string of the molecule is CCOc1ccc(C2NC(=O)NC(C)=C2C(=O)Nc2ccc(Cl)cc2)cc1OC. The first-order valence-corrected chi connectivity index (χ1v) is 9.46. The fourth-order valence-corrected chi connectivity index (χ4v) is 3.24. The lowest BCUT2D eigenvalue weighted by atomic mass is 9.94. The first-order valence-electron chi connectivity index (χ1n) is 9.08. The fraction of sp³-hybridized carbons (Fsp3) is 0.238. The van der Waals surface area contributed by atoms with Gasteiger partial charge in [0.1, 0.15) is 0 Å². The summed E-state index contributed by atoms with van der Waals surface area (Å²) in [6.07, 6.45) is 0. The zero-order valence-corrected chi connectivity index (χ0v) is 17.1. The average molecular weight is 416 g/mol. The number of ether oxygens (including phenoxy) is 2. The Hall–Kier alpha value is -3.19. The summed E-state index contributed by atoms with van der Waals surface area (Å²) in [5, 5.41) is 8.88. The van der Waals surface area contributed by atoms with Crippen LogP contribution in [-0.2, 0) is 4.79 Å². The molecule has 2 aromatic carbocycles. The van der Waals surface area contributed by atoms with Gasteiger partial charge in [0, 0.05) is 16.4 Å². The second-order valence-electron chi connectivity index (χ2n) is 6.37. The van der Waals surface area contributed by atoms with E-state index in [1.165, 1.54) is 7.11 Å². The molecular formula is C21H22ClN3O4. The lowest BCUT2D eigenvalue weighted by Crippen LogP contribution is -2.45. The van der Waals surface area contributed by atoms with Crippen molar-refractivity contribution in [2.75, 3.05) is 19.0 Å². The minimum atomic E-state index is -0.652. The Morgan fingerprint density at radius 2 is 1.90 bits per heavy atom. The highest BCUT2D eigenvalue weighted by atomic mass is 35.5. The van der Waals surface area contributed by atoms with Gasteiger partial charge in [-0.3, -0.25) is 4.79 Å². The van der Waals surface area contributed by atoms with Gasteiger partial charge < -0.3 is 25.4 Å². The van der Waals surface area contributed by atoms with Crippen LogP contribution >= 0.6 is 11.6 Å². The summed E-state index contributed by atoms with van der Waals surface area (Å²) in [4.78, 5) is 25.1. The number of hydrogen-bond acceptors (Lipinski definition) is 4. The van der Waals surface area contributed by atoms with E-state index in [1.807, 2.05) is 6.92 Å². The number of carbonyl (C=O) groups is 2. The molecule has 0 aromatic heterocycles. The number of allylic oxidation sites excluding steroid dienone is 1. The summed E-state index contributed by atoms with van der Waals surface area (Å²) in [7, 11) is 1.54. The zero-order valence-electron chi connectivity index (χ0n) is 16.3. The number of benzene rings is 2. The topological polar surface area (TPSA) is 88.7 Å². The molecule has 152 valence electrons. The second-order valence-corrected chi connectivity index (χ2v) is 6.81. The van der Waals surface area contributed by atoms with E-state index < -0.39 is 6.04 Å². The summed E-state index contributed by atoms with van der Waals surface area (Å²) in [6, 6.07) is 11.1. The van der Waals surface area contributed by atoms with Gasteiger partial charge >= 0.3 is 6.03 Å². The fourth-order valence-electron chi connectivity index (χ4n) is 3.12. The standard InChI is InChI=1S/C21H22ClN3O4/c1-4-29-16-10-5-13(11-17(16)28-3)19-18(12(2)23-21(27)25-19)20(26)24-15-8-6-14(22)7-9-15/h5-11,19H,4H2,1-3H3,(H,24,26)(H2,23,25,27). The van der Waals surface area contributed by atoms with Crippen LogP contribution in [0.15, 0.2) is 53.7 Å². The molecule has 3 amide bonds. The quantitative estimate of drug-likeness (QED) is 0.665. The number of anilines is 1. The summed E-state index contributed by atoms with van der Waals surface area (Å²) in [5.74, 6) is 0.772. The molecule has 8 heteroatoms. The Kier molecular flexibility index (Phi) is 6.29. The molecule has 0 fully saturated rings. The highest BCUT2D eigenvalue weighted by Crippen LogP contribution is 2.34. The number of halogens is 1. The van der Waals surface area contributed by atoms with Gasteiger partial charge in [-0.15, -0.1) is 0 Å². The van der Waals surface area contributed by atoms with Crippen molar-refractivity contribution in [1.29, 1.82) is 0 Å². The number of amides is 3. The van der Waals surface area contributed by atoms with E-state index in [4.69, 9.17) is 21.1 Å². The average Bonchev–Trinajstić information content (AvgIpc) is 2.69. The molecule has 7 nitrogen and oxygen atoms in total. The summed E-state index contributed by atoms with van der Waals surface area (Å²) < 4.78 is 11.0. The molecule has 0 saturated carbocycles. The number of hydrogen-bond donors (Lipinski definition) is 3. The number of rotatable bonds is 6. The van der Waals surface area contributed by atoms with Crippen molar-refractivity contribution in [2.24, 2.45) is 0 Å². The minimum absolute atomic E-state index is 0.338. The number of carbonyl (C=O) groups excluding carboxylic acids is 2. The third-order valence-electron chi connectivity index (χ3n) is 4.44. The van der Waals surface area contributed by atoms with Crippen molar-refractivity contribution in [1.82, 2.24) is 10.6 Å². The monoisotopic (exact) mass is 415 g/mol. The van der Waals surface area contributed by atoms with Crippen LogP contribution in [0.1, 0.15) is 25.5 Å². The smallest absolute Gasteiger partial charge is 0.319 e. The molecule has 1 aliphatic rings. The Balaban J connectivity index is 1.95. The molecular weight excluding hydrogens is 394 g/mol. The molecule has 1 unspecified atom stereocenters. The molecule has 0 bridgehead atoms. The Labute approximate surface area is 174 Å². The Morgan fingerprint density at radius 1 is 1.17 bits per heavy atom. The molecule has 0 radical (unpaired) electrons. The number of methoxy groups -OCH3 is 1. The largest absolute Gasteiger partial charge is 0.493 e. The summed E-state index contributed by atoms with van der Waals surface area (Å²) >= 11 is 5.90. The summed E-state index contributed by atoms with van der Waals surface area (Å²) in [6.45, 7) is 4.06. The van der Waals surface area contributed by atoms with Crippen LogP contribution in [0, 0.1) is 0 Å². The van der Waals surface area contributed by atoms with Crippen molar-refractivity contribution in [3.63, 3.8) is 0 Å². The first kappa shape index (κ1) is 20.5. The lowest BCUT2D eigenvalue weighted by molar-refractivity contribution is -0.113. The second kappa shape index (κ2) is 8.87. The maximum atomic E-state index is 13.0. The number of nitrogens with one attached hydrogen (secondary N) is 3. The zero-order chi connectivity index (χ0) is 21.0. The Bertz CT molecular complexity index is 957. The molecule has 2 aromatic rings. The maximum Gasteiger partial charge on any atom is 0.319 e. The van der Waals surface area contributed by atoms with E-state index in [0.717, 1.165) is 0 Å². The molecule has 1 aliphatic heterocycles.